The maximum absolute atomic E-state index is 5.88. The summed E-state index contributed by atoms with van der Waals surface area (Å²) >= 11 is 5.88. The van der Waals surface area contributed by atoms with Gasteiger partial charge in [-0.1, -0.05) is 29.8 Å². The molecule has 2 heterocycles. The molecule has 0 saturated carbocycles. The molecule has 0 N–H and O–H groups in total. The van der Waals surface area contributed by atoms with E-state index in [9.17, 15) is 0 Å². The summed E-state index contributed by atoms with van der Waals surface area (Å²) in [6.07, 6.45) is 2.93. The Morgan fingerprint density at radius 3 is 2.61 bits per heavy atom. The van der Waals surface area contributed by atoms with Gasteiger partial charge in [-0.2, -0.15) is 0 Å². The van der Waals surface area contributed by atoms with E-state index in [1.807, 2.05) is 36.4 Å². The average Bonchev–Trinajstić information content (AvgIpc) is 2.76. The highest BCUT2D eigenvalue weighted by Crippen LogP contribution is 2.15. The van der Waals surface area contributed by atoms with Crippen LogP contribution in [0.2, 0.25) is 5.02 Å². The molecule has 2 aromatic heterocycles. The predicted octanol–water partition coefficient (Wildman–Crippen LogP) is 3.89. The number of nitrogens with zero attached hydrogens (tertiary/aromatic N) is 2. The summed E-state index contributed by atoms with van der Waals surface area (Å²) in [5.74, 6) is 0. The summed E-state index contributed by atoms with van der Waals surface area (Å²) in [7, 11) is 0. The molecular formula is C15H13ClN2. The normalized spacial score (nSPS) is 11.0. The number of hydrogen-bond acceptors (Lipinski definition) is 1. The zero-order valence-corrected chi connectivity index (χ0v) is 10.9. The van der Waals surface area contributed by atoms with Gasteiger partial charge in [-0.25, -0.2) is 4.98 Å². The van der Waals surface area contributed by atoms with E-state index >= 15 is 0 Å². The number of rotatable bonds is 2. The lowest BCUT2D eigenvalue weighted by atomic mass is 10.1. The van der Waals surface area contributed by atoms with Gasteiger partial charge >= 0.3 is 0 Å². The summed E-state index contributed by atoms with van der Waals surface area (Å²) in [6.45, 7) is 2.08. The summed E-state index contributed by atoms with van der Waals surface area (Å²) in [5.41, 5.74) is 4.49. The van der Waals surface area contributed by atoms with Crippen LogP contribution in [-0.4, -0.2) is 9.38 Å². The molecule has 2 nitrogen and oxygen atoms in total. The smallest absolute Gasteiger partial charge is 0.137 e. The largest absolute Gasteiger partial charge is 0.304 e. The first-order chi connectivity index (χ1) is 8.72. The minimum absolute atomic E-state index is 0.768. The molecule has 0 atom stereocenters. The Bertz CT molecular complexity index is 683. The Morgan fingerprint density at radius 2 is 1.89 bits per heavy atom. The molecular weight excluding hydrogens is 244 g/mol. The maximum atomic E-state index is 5.88. The van der Waals surface area contributed by atoms with Crippen molar-refractivity contribution in [1.29, 1.82) is 0 Å². The second-order valence-corrected chi connectivity index (χ2v) is 4.87. The fourth-order valence-corrected chi connectivity index (χ4v) is 2.22. The van der Waals surface area contributed by atoms with Crippen molar-refractivity contribution >= 4 is 17.2 Å². The van der Waals surface area contributed by atoms with E-state index in [2.05, 4.69) is 28.6 Å². The van der Waals surface area contributed by atoms with Gasteiger partial charge in [0.05, 0.1) is 5.69 Å². The molecule has 0 radical (unpaired) electrons. The summed E-state index contributed by atoms with van der Waals surface area (Å²) < 4.78 is 2.12. The Hall–Kier alpha value is -1.80. The molecule has 90 valence electrons. The molecule has 1 aromatic carbocycles. The van der Waals surface area contributed by atoms with Crippen LogP contribution in [0, 0.1) is 6.92 Å². The Labute approximate surface area is 111 Å². The van der Waals surface area contributed by atoms with Crippen LogP contribution in [-0.2, 0) is 6.42 Å². The van der Waals surface area contributed by atoms with Crippen molar-refractivity contribution in [2.45, 2.75) is 13.3 Å². The lowest BCUT2D eigenvalue weighted by Gasteiger charge is -1.97. The van der Waals surface area contributed by atoms with Crippen LogP contribution in [0.25, 0.3) is 5.65 Å². The molecule has 0 saturated heterocycles. The maximum Gasteiger partial charge on any atom is 0.137 e. The first-order valence-electron chi connectivity index (χ1n) is 5.90. The van der Waals surface area contributed by atoms with E-state index in [0.29, 0.717) is 0 Å². The number of imidazole rings is 1. The van der Waals surface area contributed by atoms with E-state index in [0.717, 1.165) is 22.8 Å². The van der Waals surface area contributed by atoms with Gasteiger partial charge in [0, 0.05) is 23.3 Å². The average molecular weight is 257 g/mol. The zero-order valence-electron chi connectivity index (χ0n) is 10.1. The van der Waals surface area contributed by atoms with Gasteiger partial charge < -0.3 is 4.40 Å². The Morgan fingerprint density at radius 1 is 1.11 bits per heavy atom. The highest BCUT2D eigenvalue weighted by Gasteiger charge is 2.04. The SMILES string of the molecule is Cc1cccc2nc(Cc3ccc(Cl)cc3)cn12. The van der Waals surface area contributed by atoms with Crippen molar-refractivity contribution < 1.29 is 0 Å². The van der Waals surface area contributed by atoms with Gasteiger partial charge in [-0.3, -0.25) is 0 Å². The molecule has 0 bridgehead atoms. The first kappa shape index (κ1) is 11.3. The topological polar surface area (TPSA) is 17.3 Å². The molecule has 0 aliphatic heterocycles. The van der Waals surface area contributed by atoms with Crippen LogP contribution in [0.4, 0.5) is 0 Å². The van der Waals surface area contributed by atoms with Gasteiger partial charge in [0.25, 0.3) is 0 Å². The number of fused-ring (bicyclic) bond motifs is 1. The third-order valence-corrected chi connectivity index (χ3v) is 3.30. The minimum Gasteiger partial charge on any atom is -0.304 e. The van der Waals surface area contributed by atoms with Gasteiger partial charge in [0.2, 0.25) is 0 Å². The first-order valence-corrected chi connectivity index (χ1v) is 6.28. The molecule has 3 heteroatoms. The summed E-state index contributed by atoms with van der Waals surface area (Å²) in [5, 5.41) is 0.768. The van der Waals surface area contributed by atoms with Crippen molar-refractivity contribution in [3.05, 3.63) is 70.6 Å². The fraction of sp³-hybridized carbons (Fsp3) is 0.133. The van der Waals surface area contributed by atoms with Crippen LogP contribution in [0.1, 0.15) is 17.0 Å². The predicted molar refractivity (Wildman–Crippen MR) is 74.2 cm³/mol. The third-order valence-electron chi connectivity index (χ3n) is 3.04. The van der Waals surface area contributed by atoms with E-state index in [4.69, 9.17) is 11.6 Å². The van der Waals surface area contributed by atoms with Crippen LogP contribution < -0.4 is 0 Å². The van der Waals surface area contributed by atoms with Crippen LogP contribution in [0.15, 0.2) is 48.7 Å². The highest BCUT2D eigenvalue weighted by molar-refractivity contribution is 6.30. The minimum atomic E-state index is 0.768. The van der Waals surface area contributed by atoms with Crippen LogP contribution in [0.3, 0.4) is 0 Å². The van der Waals surface area contributed by atoms with E-state index in [1.165, 1.54) is 11.3 Å². The van der Waals surface area contributed by atoms with E-state index in [1.54, 1.807) is 0 Å². The molecule has 0 unspecified atom stereocenters. The van der Waals surface area contributed by atoms with Gasteiger partial charge in [-0.15, -0.1) is 0 Å². The quantitative estimate of drug-likeness (QED) is 0.680. The number of aryl methyl sites for hydroxylation is 1. The van der Waals surface area contributed by atoms with Gasteiger partial charge in [0.15, 0.2) is 0 Å². The van der Waals surface area contributed by atoms with E-state index in [-0.39, 0.29) is 0 Å². The zero-order chi connectivity index (χ0) is 12.5. The second-order valence-electron chi connectivity index (χ2n) is 4.43. The van der Waals surface area contributed by atoms with Gasteiger partial charge in [-0.05, 0) is 36.8 Å². The molecule has 3 rings (SSSR count). The van der Waals surface area contributed by atoms with Crippen LogP contribution >= 0.6 is 11.6 Å². The number of benzene rings is 1. The number of aromatic nitrogens is 2. The van der Waals surface area contributed by atoms with Crippen molar-refractivity contribution in [3.63, 3.8) is 0 Å². The Kier molecular flexibility index (Phi) is 2.80. The van der Waals surface area contributed by atoms with Crippen molar-refractivity contribution in [2.24, 2.45) is 0 Å². The molecule has 0 aliphatic rings. The fourth-order valence-electron chi connectivity index (χ4n) is 2.10. The summed E-state index contributed by atoms with van der Waals surface area (Å²) in [6, 6.07) is 14.1. The standard InChI is InChI=1S/C15H13ClN2/c1-11-3-2-4-15-17-14(10-18(11)15)9-12-5-7-13(16)8-6-12/h2-8,10H,9H2,1H3. The lowest BCUT2D eigenvalue weighted by Crippen LogP contribution is -1.87. The third kappa shape index (κ3) is 2.12. The van der Waals surface area contributed by atoms with Crippen molar-refractivity contribution in [3.8, 4) is 0 Å². The summed E-state index contributed by atoms with van der Waals surface area (Å²) in [4.78, 5) is 4.62. The molecule has 0 spiro atoms. The van der Waals surface area contributed by atoms with Crippen molar-refractivity contribution in [2.75, 3.05) is 0 Å². The lowest BCUT2D eigenvalue weighted by molar-refractivity contribution is 1.08. The molecule has 0 amide bonds. The van der Waals surface area contributed by atoms with E-state index < -0.39 is 0 Å². The highest BCUT2D eigenvalue weighted by atomic mass is 35.5. The van der Waals surface area contributed by atoms with Crippen LogP contribution in [0.5, 0.6) is 0 Å². The number of hydrogen-bond donors (Lipinski definition) is 0. The molecule has 0 fully saturated rings. The Balaban J connectivity index is 1.95. The number of pyridine rings is 1. The van der Waals surface area contributed by atoms with Gasteiger partial charge in [0.1, 0.15) is 5.65 Å². The molecule has 3 aromatic rings. The number of halogens is 1. The second kappa shape index (κ2) is 4.46. The van der Waals surface area contributed by atoms with Crippen molar-refractivity contribution in [1.82, 2.24) is 9.38 Å². The monoisotopic (exact) mass is 256 g/mol. The molecule has 18 heavy (non-hydrogen) atoms. The molecule has 0 aliphatic carbocycles.